The van der Waals surface area contributed by atoms with Crippen LogP contribution in [0.25, 0.3) is 0 Å². The minimum Gasteiger partial charge on any atom is -0.295 e. The second kappa shape index (κ2) is 3.96. The Bertz CT molecular complexity index is 683. The van der Waals surface area contributed by atoms with E-state index in [4.69, 9.17) is 92.8 Å². The SMILES string of the molecule is O=C1[C@]2(Cl)C(Cl)=C(Cl)[C@@]1(Cl)[C@@]1(Cl)C(=O)C(Cl)=C(Cl)[C@@]21Cl. The van der Waals surface area contributed by atoms with Gasteiger partial charge in [0.15, 0.2) is 20.4 Å². The number of rotatable bonds is 0. The van der Waals surface area contributed by atoms with Crippen LogP contribution in [0.4, 0.5) is 0 Å². The van der Waals surface area contributed by atoms with Gasteiger partial charge in [0.05, 0.1) is 15.1 Å². The Balaban J connectivity index is 2.53. The van der Waals surface area contributed by atoms with Crippen LogP contribution < -0.4 is 0 Å². The zero-order valence-electron chi connectivity index (χ0n) is 8.84. The third-order valence-corrected chi connectivity index (χ3v) is 9.19. The summed E-state index contributed by atoms with van der Waals surface area (Å²) in [5.74, 6) is -1.82. The molecule has 2 nitrogen and oxygen atoms in total. The lowest BCUT2D eigenvalue weighted by atomic mass is 9.82. The molecule has 1 saturated carbocycles. The Morgan fingerprint density at radius 3 is 1.50 bits per heavy atom. The summed E-state index contributed by atoms with van der Waals surface area (Å²) in [6.07, 6.45) is 0. The van der Waals surface area contributed by atoms with E-state index in [0.29, 0.717) is 0 Å². The van der Waals surface area contributed by atoms with E-state index in [1.54, 1.807) is 0 Å². The second-order valence-corrected chi connectivity index (χ2v) is 8.33. The van der Waals surface area contributed by atoms with Crippen molar-refractivity contribution in [2.75, 3.05) is 0 Å². The van der Waals surface area contributed by atoms with E-state index in [-0.39, 0.29) is 15.1 Å². The Morgan fingerprint density at radius 1 is 0.650 bits per heavy atom. The van der Waals surface area contributed by atoms with Gasteiger partial charge in [0.2, 0.25) is 5.78 Å². The lowest BCUT2D eigenvalue weighted by molar-refractivity contribution is -0.122. The van der Waals surface area contributed by atoms with Crippen LogP contribution in [0.2, 0.25) is 0 Å². The first-order chi connectivity index (χ1) is 8.95. The van der Waals surface area contributed by atoms with Gasteiger partial charge >= 0.3 is 0 Å². The molecule has 10 heteroatoms. The van der Waals surface area contributed by atoms with Crippen LogP contribution in [0.5, 0.6) is 0 Å². The van der Waals surface area contributed by atoms with E-state index in [0.717, 1.165) is 0 Å². The van der Waals surface area contributed by atoms with Crippen molar-refractivity contribution in [1.82, 2.24) is 0 Å². The number of hydrogen-bond donors (Lipinski definition) is 0. The number of carbonyl (C=O) groups excluding carboxylic acids is 2. The van der Waals surface area contributed by atoms with Crippen LogP contribution in [0.15, 0.2) is 20.1 Å². The van der Waals surface area contributed by atoms with Gasteiger partial charge in [0.1, 0.15) is 9.91 Å². The van der Waals surface area contributed by atoms with Crippen molar-refractivity contribution >= 4 is 104 Å². The van der Waals surface area contributed by atoms with E-state index in [2.05, 4.69) is 0 Å². The summed E-state index contributed by atoms with van der Waals surface area (Å²) >= 11 is 49.0. The van der Waals surface area contributed by atoms with Gasteiger partial charge in [-0.15, -0.1) is 46.4 Å². The third-order valence-electron chi connectivity index (χ3n) is 3.85. The fourth-order valence-corrected chi connectivity index (χ4v) is 6.72. The lowest BCUT2D eigenvalue weighted by Crippen LogP contribution is -2.61. The molecule has 2 bridgehead atoms. The molecule has 0 aromatic heterocycles. The zero-order valence-corrected chi connectivity index (χ0v) is 14.9. The van der Waals surface area contributed by atoms with Gasteiger partial charge in [-0.05, 0) is 0 Å². The molecule has 0 saturated heterocycles. The van der Waals surface area contributed by atoms with Crippen molar-refractivity contribution in [3.8, 4) is 0 Å². The van der Waals surface area contributed by atoms with Crippen LogP contribution in [0.1, 0.15) is 0 Å². The fourth-order valence-electron chi connectivity index (χ4n) is 2.85. The average molecular weight is 436 g/mol. The third kappa shape index (κ3) is 1.09. The Kier molecular flexibility index (Phi) is 3.17. The molecule has 0 aromatic rings. The highest BCUT2D eigenvalue weighted by atomic mass is 35.5. The van der Waals surface area contributed by atoms with Gasteiger partial charge < -0.3 is 0 Å². The number of allylic oxidation sites excluding steroid dienone is 4. The van der Waals surface area contributed by atoms with Crippen LogP contribution in [-0.4, -0.2) is 31.1 Å². The predicted octanol–water partition coefficient (Wildman–Crippen LogP) is 4.45. The number of halogens is 8. The summed E-state index contributed by atoms with van der Waals surface area (Å²) in [6, 6.07) is 0. The van der Waals surface area contributed by atoms with Crippen LogP contribution >= 0.6 is 92.8 Å². The Morgan fingerprint density at radius 2 is 1.05 bits per heavy atom. The monoisotopic (exact) mass is 432 g/mol. The van der Waals surface area contributed by atoms with Crippen LogP contribution in [0, 0.1) is 0 Å². The molecule has 3 rings (SSSR count). The van der Waals surface area contributed by atoms with E-state index in [1.807, 2.05) is 0 Å². The van der Waals surface area contributed by atoms with Gasteiger partial charge in [-0.2, -0.15) is 0 Å². The highest BCUT2D eigenvalue weighted by Crippen LogP contribution is 2.77. The number of fused-ring (bicyclic) bond motifs is 5. The predicted molar refractivity (Wildman–Crippen MR) is 81.8 cm³/mol. The van der Waals surface area contributed by atoms with Crippen molar-refractivity contribution in [3.63, 3.8) is 0 Å². The summed E-state index contributed by atoms with van der Waals surface area (Å²) in [5.41, 5.74) is 0. The molecule has 108 valence electrons. The molecule has 0 heterocycles. The number of ketones is 2. The highest BCUT2D eigenvalue weighted by Gasteiger charge is 2.93. The molecule has 4 atom stereocenters. The summed E-state index contributed by atoms with van der Waals surface area (Å²) < 4.78 is 0. The summed E-state index contributed by atoms with van der Waals surface area (Å²) in [4.78, 5) is 16.2. The Hall–Kier alpha value is 1.14. The van der Waals surface area contributed by atoms with E-state index in [9.17, 15) is 9.59 Å². The molecule has 3 aliphatic rings. The van der Waals surface area contributed by atoms with E-state index < -0.39 is 36.1 Å². The smallest absolute Gasteiger partial charge is 0.201 e. The van der Waals surface area contributed by atoms with Gasteiger partial charge in [0.25, 0.3) is 0 Å². The molecule has 0 amide bonds. The molecular formula is C10Cl8O2. The second-order valence-electron chi connectivity index (χ2n) is 4.55. The van der Waals surface area contributed by atoms with Crippen molar-refractivity contribution in [3.05, 3.63) is 20.1 Å². The summed E-state index contributed by atoms with van der Waals surface area (Å²) in [6.45, 7) is 0. The van der Waals surface area contributed by atoms with Gasteiger partial charge in [-0.1, -0.05) is 46.4 Å². The van der Waals surface area contributed by atoms with Crippen molar-refractivity contribution in [2.24, 2.45) is 0 Å². The highest BCUT2D eigenvalue weighted by molar-refractivity contribution is 6.76. The number of hydrogen-bond acceptors (Lipinski definition) is 2. The first-order valence-electron chi connectivity index (χ1n) is 4.92. The lowest BCUT2D eigenvalue weighted by Gasteiger charge is -2.43. The number of Topliss-reactive ketones (excluding diaryl/α,β-unsaturated/α-hetero) is 2. The maximum atomic E-state index is 12.5. The van der Waals surface area contributed by atoms with Crippen LogP contribution in [0.3, 0.4) is 0 Å². The standard InChI is InChI=1S/C10Cl8O2/c11-1-2(12)9(17)7(15)3(13)4(14)8(16,6(7)20)10(9,18)5(1)19/t7-,8+,9-,10+/m1/s1. The molecule has 20 heavy (non-hydrogen) atoms. The fraction of sp³-hybridized carbons (Fsp3) is 0.400. The average Bonchev–Trinajstić information content (AvgIpc) is 2.70. The molecule has 0 radical (unpaired) electrons. The largest absolute Gasteiger partial charge is 0.295 e. The van der Waals surface area contributed by atoms with Gasteiger partial charge in [0, 0.05) is 0 Å². The van der Waals surface area contributed by atoms with E-state index in [1.165, 1.54) is 0 Å². The van der Waals surface area contributed by atoms with Crippen molar-refractivity contribution in [1.29, 1.82) is 0 Å². The Labute approximate surface area is 152 Å². The number of carbonyl (C=O) groups is 2. The molecule has 0 spiro atoms. The molecule has 0 unspecified atom stereocenters. The zero-order chi connectivity index (χ0) is 15.5. The van der Waals surface area contributed by atoms with Crippen LogP contribution in [-0.2, 0) is 9.59 Å². The molecular weight excluding hydrogens is 436 g/mol. The minimum absolute atomic E-state index is 0.315. The maximum absolute atomic E-state index is 12.5. The summed E-state index contributed by atoms with van der Waals surface area (Å²) in [5, 5.41) is -1.50. The quantitative estimate of drug-likeness (QED) is 0.527. The normalized spacial score (nSPS) is 50.6. The topological polar surface area (TPSA) is 34.1 Å². The molecule has 0 aromatic carbocycles. The van der Waals surface area contributed by atoms with Gasteiger partial charge in [-0.3, -0.25) is 9.59 Å². The van der Waals surface area contributed by atoms with Crippen molar-refractivity contribution in [2.45, 2.75) is 19.5 Å². The number of alkyl halides is 4. The first-order valence-corrected chi connectivity index (χ1v) is 7.94. The molecule has 0 N–H and O–H groups in total. The summed E-state index contributed by atoms with van der Waals surface area (Å²) in [7, 11) is 0. The first kappa shape index (κ1) is 16.0. The van der Waals surface area contributed by atoms with E-state index >= 15 is 0 Å². The van der Waals surface area contributed by atoms with Gasteiger partial charge in [-0.25, -0.2) is 0 Å². The molecule has 3 aliphatic carbocycles. The minimum atomic E-state index is -2.24. The molecule has 0 aliphatic heterocycles. The molecule has 1 fully saturated rings. The van der Waals surface area contributed by atoms with Crippen molar-refractivity contribution < 1.29 is 9.59 Å². The maximum Gasteiger partial charge on any atom is 0.201 e.